The number of nitrogens with one attached hydrogen (secondary N) is 1. The number of carbonyl (C=O) groups excluding carboxylic acids is 2. The largest absolute Gasteiger partial charge is 0.489 e. The fourth-order valence-corrected chi connectivity index (χ4v) is 2.76. The van der Waals surface area contributed by atoms with Gasteiger partial charge in [0.25, 0.3) is 5.91 Å². The summed E-state index contributed by atoms with van der Waals surface area (Å²) in [6.45, 7) is 0.364. The third-order valence-corrected chi connectivity index (χ3v) is 4.49. The summed E-state index contributed by atoms with van der Waals surface area (Å²) >= 11 is 5.99. The third kappa shape index (κ3) is 5.68. The molecule has 6 nitrogen and oxygen atoms in total. The predicted octanol–water partition coefficient (Wildman–Crippen LogP) is 4.47. The number of rotatable bonds is 7. The lowest BCUT2D eigenvalue weighted by molar-refractivity contribution is 0.0600. The van der Waals surface area contributed by atoms with Gasteiger partial charge in [0, 0.05) is 0 Å². The van der Waals surface area contributed by atoms with Gasteiger partial charge in [0.05, 0.1) is 29.5 Å². The van der Waals surface area contributed by atoms with Gasteiger partial charge in [0.2, 0.25) is 0 Å². The minimum absolute atomic E-state index is 0.361. The second-order valence-corrected chi connectivity index (χ2v) is 6.63. The lowest BCUT2D eigenvalue weighted by Gasteiger charge is -2.07. The molecule has 0 aliphatic carbocycles. The number of carbonyl (C=O) groups is 2. The summed E-state index contributed by atoms with van der Waals surface area (Å²) in [5.74, 6) is -0.0675. The van der Waals surface area contributed by atoms with Crippen LogP contribution in [0.15, 0.2) is 77.9 Å². The zero-order valence-corrected chi connectivity index (χ0v) is 16.9. The van der Waals surface area contributed by atoms with E-state index < -0.39 is 0 Å². The highest BCUT2D eigenvalue weighted by Crippen LogP contribution is 2.15. The Morgan fingerprint density at radius 1 is 1.00 bits per heavy atom. The second-order valence-electron chi connectivity index (χ2n) is 6.23. The zero-order valence-electron chi connectivity index (χ0n) is 16.2. The quantitative estimate of drug-likeness (QED) is 0.346. The normalized spacial score (nSPS) is 10.6. The summed E-state index contributed by atoms with van der Waals surface area (Å²) in [7, 11) is 1.35. The molecule has 0 aromatic heterocycles. The van der Waals surface area contributed by atoms with Gasteiger partial charge in [-0.05, 0) is 59.7 Å². The van der Waals surface area contributed by atoms with Gasteiger partial charge in [0.15, 0.2) is 0 Å². The minimum Gasteiger partial charge on any atom is -0.489 e. The van der Waals surface area contributed by atoms with Crippen molar-refractivity contribution >= 4 is 29.7 Å². The van der Waals surface area contributed by atoms with Crippen molar-refractivity contribution < 1.29 is 19.1 Å². The van der Waals surface area contributed by atoms with Crippen LogP contribution >= 0.6 is 11.6 Å². The van der Waals surface area contributed by atoms with Gasteiger partial charge in [-0.1, -0.05) is 35.9 Å². The van der Waals surface area contributed by atoms with Gasteiger partial charge >= 0.3 is 5.97 Å². The van der Waals surface area contributed by atoms with E-state index in [2.05, 4.69) is 15.3 Å². The molecule has 3 aromatic carbocycles. The summed E-state index contributed by atoms with van der Waals surface area (Å²) in [6.07, 6.45) is 1.53. The highest BCUT2D eigenvalue weighted by atomic mass is 35.5. The maximum Gasteiger partial charge on any atom is 0.337 e. The van der Waals surface area contributed by atoms with Crippen LogP contribution in [0, 0.1) is 0 Å². The molecule has 0 aliphatic rings. The maximum absolute atomic E-state index is 12.1. The molecule has 0 radical (unpaired) electrons. The number of ether oxygens (including phenoxy) is 2. The van der Waals surface area contributed by atoms with Crippen molar-refractivity contribution in [3.8, 4) is 5.75 Å². The van der Waals surface area contributed by atoms with Gasteiger partial charge in [-0.2, -0.15) is 5.10 Å². The molecule has 3 rings (SSSR count). The first-order valence-corrected chi connectivity index (χ1v) is 9.42. The van der Waals surface area contributed by atoms with E-state index in [4.69, 9.17) is 16.3 Å². The average Bonchev–Trinajstić information content (AvgIpc) is 2.78. The van der Waals surface area contributed by atoms with E-state index in [9.17, 15) is 9.59 Å². The van der Waals surface area contributed by atoms with Gasteiger partial charge < -0.3 is 9.47 Å². The number of benzene rings is 3. The van der Waals surface area contributed by atoms with E-state index in [1.807, 2.05) is 24.3 Å². The lowest BCUT2D eigenvalue weighted by atomic mass is 10.1. The van der Waals surface area contributed by atoms with Crippen LogP contribution in [0.4, 0.5) is 0 Å². The first-order chi connectivity index (χ1) is 14.6. The van der Waals surface area contributed by atoms with Crippen molar-refractivity contribution in [2.75, 3.05) is 7.11 Å². The molecule has 30 heavy (non-hydrogen) atoms. The Morgan fingerprint density at radius 2 is 1.70 bits per heavy atom. The van der Waals surface area contributed by atoms with E-state index in [1.165, 1.54) is 13.3 Å². The van der Waals surface area contributed by atoms with Crippen LogP contribution in [0.1, 0.15) is 31.8 Å². The number of methoxy groups -OCH3 is 1. The highest BCUT2D eigenvalue weighted by molar-refractivity contribution is 6.33. The second kappa shape index (κ2) is 10.2. The van der Waals surface area contributed by atoms with Crippen LogP contribution in [-0.2, 0) is 11.3 Å². The van der Waals surface area contributed by atoms with E-state index >= 15 is 0 Å². The first kappa shape index (κ1) is 21.1. The summed E-state index contributed by atoms with van der Waals surface area (Å²) in [5.41, 5.74) is 5.02. The number of hydrazone groups is 1. The van der Waals surface area contributed by atoms with Crippen LogP contribution in [-0.4, -0.2) is 25.2 Å². The van der Waals surface area contributed by atoms with Crippen molar-refractivity contribution in [1.82, 2.24) is 5.43 Å². The standard InChI is InChI=1S/C23H19ClN2O4/c1-29-23(28)18-10-6-17(7-11-18)15-30-19-12-8-16(9-13-19)14-25-26-22(27)20-4-2-3-5-21(20)24/h2-14H,15H2,1H3,(H,26,27)/b25-14+. The van der Waals surface area contributed by atoms with Crippen molar-refractivity contribution in [3.63, 3.8) is 0 Å². The molecule has 1 amide bonds. The molecule has 0 atom stereocenters. The van der Waals surface area contributed by atoms with E-state index in [0.717, 1.165) is 11.1 Å². The molecule has 7 heteroatoms. The number of hydrogen-bond donors (Lipinski definition) is 1. The van der Waals surface area contributed by atoms with Crippen LogP contribution < -0.4 is 10.2 Å². The summed E-state index contributed by atoms with van der Waals surface area (Å²) in [5, 5.41) is 4.32. The van der Waals surface area contributed by atoms with Crippen molar-refractivity contribution in [2.24, 2.45) is 5.10 Å². The van der Waals surface area contributed by atoms with Crippen molar-refractivity contribution in [3.05, 3.63) is 100 Å². The number of nitrogens with zero attached hydrogens (tertiary/aromatic N) is 1. The van der Waals surface area contributed by atoms with Crippen LogP contribution in [0.25, 0.3) is 0 Å². The SMILES string of the molecule is COC(=O)c1ccc(COc2ccc(/C=N/NC(=O)c3ccccc3Cl)cc2)cc1. The van der Waals surface area contributed by atoms with Gasteiger partial charge in [-0.15, -0.1) is 0 Å². The summed E-state index contributed by atoms with van der Waals surface area (Å²) in [4.78, 5) is 23.5. The molecule has 1 N–H and O–H groups in total. The van der Waals surface area contributed by atoms with Crippen molar-refractivity contribution in [1.29, 1.82) is 0 Å². The Balaban J connectivity index is 1.51. The summed E-state index contributed by atoms with van der Waals surface area (Å²) < 4.78 is 10.4. The highest BCUT2D eigenvalue weighted by Gasteiger charge is 2.08. The molecule has 0 aliphatic heterocycles. The molecule has 0 spiro atoms. The zero-order chi connectivity index (χ0) is 21.3. The molecule has 0 fully saturated rings. The number of hydrogen-bond acceptors (Lipinski definition) is 5. The topological polar surface area (TPSA) is 77.0 Å². The molecular weight excluding hydrogens is 404 g/mol. The Labute approximate surface area is 179 Å². The molecule has 3 aromatic rings. The molecule has 0 saturated carbocycles. The maximum atomic E-state index is 12.1. The molecule has 152 valence electrons. The average molecular weight is 423 g/mol. The number of esters is 1. The smallest absolute Gasteiger partial charge is 0.337 e. The third-order valence-electron chi connectivity index (χ3n) is 4.16. The Hall–Kier alpha value is -3.64. The van der Waals surface area contributed by atoms with Gasteiger partial charge in [-0.3, -0.25) is 4.79 Å². The Bertz CT molecular complexity index is 1050. The van der Waals surface area contributed by atoms with Gasteiger partial charge in [0.1, 0.15) is 12.4 Å². The van der Waals surface area contributed by atoms with Crippen LogP contribution in [0.2, 0.25) is 5.02 Å². The van der Waals surface area contributed by atoms with E-state index in [1.54, 1.807) is 48.5 Å². The molecule has 0 saturated heterocycles. The van der Waals surface area contributed by atoms with Crippen LogP contribution in [0.5, 0.6) is 5.75 Å². The molecule has 0 unspecified atom stereocenters. The number of amides is 1. The number of halogens is 1. The minimum atomic E-state index is -0.380. The molecule has 0 bridgehead atoms. The van der Waals surface area contributed by atoms with Crippen molar-refractivity contribution in [2.45, 2.75) is 6.61 Å². The van der Waals surface area contributed by atoms with E-state index in [0.29, 0.717) is 28.5 Å². The molecular formula is C23H19ClN2O4. The molecule has 0 heterocycles. The monoisotopic (exact) mass is 422 g/mol. The Kier molecular flexibility index (Phi) is 7.19. The Morgan fingerprint density at radius 3 is 2.37 bits per heavy atom. The summed E-state index contributed by atoms with van der Waals surface area (Å²) in [6, 6.07) is 21.0. The van der Waals surface area contributed by atoms with Gasteiger partial charge in [-0.25, -0.2) is 10.2 Å². The lowest BCUT2D eigenvalue weighted by Crippen LogP contribution is -2.17. The predicted molar refractivity (Wildman–Crippen MR) is 115 cm³/mol. The fourth-order valence-electron chi connectivity index (χ4n) is 2.54. The first-order valence-electron chi connectivity index (χ1n) is 9.05. The van der Waals surface area contributed by atoms with E-state index in [-0.39, 0.29) is 11.9 Å². The van der Waals surface area contributed by atoms with Crippen LogP contribution in [0.3, 0.4) is 0 Å². The fraction of sp³-hybridized carbons (Fsp3) is 0.0870.